The Hall–Kier alpha value is -3.99. The predicted octanol–water partition coefficient (Wildman–Crippen LogP) is 5.89. The standard InChI is InChI=1S/C24H18N2O3/c27-26(28)23-11-6-10-22-21(23)16-15-20(25-22)14-13-19-9-4-5-12-24(19)29-17-18-7-2-1-3-8-18/h1-16H,17H2/b14-13+. The van der Waals surface area contributed by atoms with Crippen LogP contribution in [0, 0.1) is 10.1 Å². The SMILES string of the molecule is O=[N+]([O-])c1cccc2nc(/C=C/c3ccccc3OCc3ccccc3)ccc12. The lowest BCUT2D eigenvalue weighted by Crippen LogP contribution is -1.96. The molecule has 0 saturated heterocycles. The zero-order chi connectivity index (χ0) is 20.1. The highest BCUT2D eigenvalue weighted by Crippen LogP contribution is 2.25. The second-order valence-corrected chi connectivity index (χ2v) is 6.48. The maximum absolute atomic E-state index is 11.2. The Morgan fingerprint density at radius 1 is 0.862 bits per heavy atom. The Balaban J connectivity index is 1.57. The van der Waals surface area contributed by atoms with Gasteiger partial charge in [0, 0.05) is 11.6 Å². The molecule has 0 radical (unpaired) electrons. The van der Waals surface area contributed by atoms with E-state index in [-0.39, 0.29) is 10.6 Å². The van der Waals surface area contributed by atoms with Gasteiger partial charge in [-0.25, -0.2) is 4.98 Å². The molecule has 142 valence electrons. The first kappa shape index (κ1) is 18.4. The van der Waals surface area contributed by atoms with E-state index in [0.717, 1.165) is 22.6 Å². The number of hydrogen-bond acceptors (Lipinski definition) is 4. The Bertz CT molecular complexity index is 1190. The van der Waals surface area contributed by atoms with Crippen LogP contribution >= 0.6 is 0 Å². The van der Waals surface area contributed by atoms with Crippen LogP contribution in [-0.2, 0) is 6.61 Å². The van der Waals surface area contributed by atoms with E-state index < -0.39 is 0 Å². The quantitative estimate of drug-likeness (QED) is 0.308. The molecule has 0 amide bonds. The van der Waals surface area contributed by atoms with E-state index in [4.69, 9.17) is 4.74 Å². The van der Waals surface area contributed by atoms with Gasteiger partial charge in [0.05, 0.1) is 21.5 Å². The molecule has 0 fully saturated rings. The fourth-order valence-electron chi connectivity index (χ4n) is 3.07. The minimum Gasteiger partial charge on any atom is -0.488 e. The Kier molecular flexibility index (Phi) is 5.29. The largest absolute Gasteiger partial charge is 0.488 e. The fourth-order valence-corrected chi connectivity index (χ4v) is 3.07. The highest BCUT2D eigenvalue weighted by Gasteiger charge is 2.11. The molecule has 1 heterocycles. The first-order valence-corrected chi connectivity index (χ1v) is 9.19. The van der Waals surface area contributed by atoms with Crippen LogP contribution in [0.25, 0.3) is 23.1 Å². The normalized spacial score (nSPS) is 11.0. The molecule has 0 saturated carbocycles. The van der Waals surface area contributed by atoms with Crippen molar-refractivity contribution in [2.75, 3.05) is 0 Å². The molecule has 4 aromatic rings. The zero-order valence-corrected chi connectivity index (χ0v) is 15.6. The van der Waals surface area contributed by atoms with Crippen molar-refractivity contribution in [2.45, 2.75) is 6.61 Å². The van der Waals surface area contributed by atoms with E-state index >= 15 is 0 Å². The van der Waals surface area contributed by atoms with Crippen LogP contribution in [0.1, 0.15) is 16.8 Å². The highest BCUT2D eigenvalue weighted by atomic mass is 16.6. The first-order valence-electron chi connectivity index (χ1n) is 9.19. The van der Waals surface area contributed by atoms with E-state index in [1.54, 1.807) is 24.3 Å². The van der Waals surface area contributed by atoms with Crippen molar-refractivity contribution >= 4 is 28.7 Å². The molecule has 0 N–H and O–H groups in total. The zero-order valence-electron chi connectivity index (χ0n) is 15.6. The summed E-state index contributed by atoms with van der Waals surface area (Å²) < 4.78 is 5.98. The lowest BCUT2D eigenvalue weighted by atomic mass is 10.1. The van der Waals surface area contributed by atoms with Gasteiger partial charge in [0.25, 0.3) is 5.69 Å². The predicted molar refractivity (Wildman–Crippen MR) is 115 cm³/mol. The summed E-state index contributed by atoms with van der Waals surface area (Å²) in [5.41, 5.74) is 3.41. The number of para-hydroxylation sites is 1. The van der Waals surface area contributed by atoms with Crippen molar-refractivity contribution in [3.8, 4) is 5.75 Å². The van der Waals surface area contributed by atoms with Gasteiger partial charge in [-0.1, -0.05) is 54.6 Å². The van der Waals surface area contributed by atoms with Gasteiger partial charge in [0.15, 0.2) is 0 Å². The molecule has 0 aliphatic rings. The van der Waals surface area contributed by atoms with Crippen molar-refractivity contribution in [1.29, 1.82) is 0 Å². The molecule has 0 unspecified atom stereocenters. The molecule has 5 nitrogen and oxygen atoms in total. The number of ether oxygens (including phenoxy) is 1. The molecule has 5 heteroatoms. The summed E-state index contributed by atoms with van der Waals surface area (Å²) in [6.07, 6.45) is 3.81. The number of nitrogens with zero attached hydrogens (tertiary/aromatic N) is 2. The number of hydrogen-bond donors (Lipinski definition) is 0. The number of nitro benzene ring substituents is 1. The van der Waals surface area contributed by atoms with Crippen molar-refractivity contribution in [3.05, 3.63) is 112 Å². The molecular formula is C24H18N2O3. The molecule has 0 aliphatic heterocycles. The Morgan fingerprint density at radius 2 is 1.66 bits per heavy atom. The highest BCUT2D eigenvalue weighted by molar-refractivity contribution is 5.89. The maximum atomic E-state index is 11.2. The summed E-state index contributed by atoms with van der Waals surface area (Å²) in [5, 5.41) is 11.7. The number of nitro groups is 1. The molecule has 0 spiro atoms. The number of non-ortho nitro benzene ring substituents is 1. The van der Waals surface area contributed by atoms with Gasteiger partial charge in [-0.2, -0.15) is 0 Å². The van der Waals surface area contributed by atoms with E-state index in [0.29, 0.717) is 17.5 Å². The third-order valence-electron chi connectivity index (χ3n) is 4.52. The number of fused-ring (bicyclic) bond motifs is 1. The smallest absolute Gasteiger partial charge is 0.278 e. The van der Waals surface area contributed by atoms with Gasteiger partial charge in [-0.3, -0.25) is 10.1 Å². The second-order valence-electron chi connectivity index (χ2n) is 6.48. The summed E-state index contributed by atoms with van der Waals surface area (Å²) in [7, 11) is 0. The monoisotopic (exact) mass is 382 g/mol. The molecule has 0 atom stereocenters. The van der Waals surface area contributed by atoms with Gasteiger partial charge < -0.3 is 4.74 Å². The summed E-state index contributed by atoms with van der Waals surface area (Å²) >= 11 is 0. The number of benzene rings is 3. The molecule has 1 aromatic heterocycles. The van der Waals surface area contributed by atoms with Crippen molar-refractivity contribution in [2.24, 2.45) is 0 Å². The van der Waals surface area contributed by atoms with Crippen LogP contribution in [0.5, 0.6) is 5.75 Å². The van der Waals surface area contributed by atoms with E-state index in [1.165, 1.54) is 6.07 Å². The third kappa shape index (κ3) is 4.30. The third-order valence-corrected chi connectivity index (χ3v) is 4.52. The van der Waals surface area contributed by atoms with Crippen molar-refractivity contribution in [1.82, 2.24) is 4.98 Å². The molecule has 0 bridgehead atoms. The Labute approximate surface area is 168 Å². The maximum Gasteiger partial charge on any atom is 0.278 e. The molecule has 3 aromatic carbocycles. The molecular weight excluding hydrogens is 364 g/mol. The average Bonchev–Trinajstić information content (AvgIpc) is 2.76. The van der Waals surface area contributed by atoms with Gasteiger partial charge >= 0.3 is 0 Å². The van der Waals surface area contributed by atoms with Gasteiger partial charge in [-0.05, 0) is 42.0 Å². The van der Waals surface area contributed by atoms with Crippen LogP contribution in [0.3, 0.4) is 0 Å². The summed E-state index contributed by atoms with van der Waals surface area (Å²) in [4.78, 5) is 15.3. The second kappa shape index (κ2) is 8.35. The minimum absolute atomic E-state index is 0.0604. The lowest BCUT2D eigenvalue weighted by molar-refractivity contribution is -0.383. The molecule has 0 aliphatic carbocycles. The fraction of sp³-hybridized carbons (Fsp3) is 0.0417. The van der Waals surface area contributed by atoms with Crippen LogP contribution in [0.15, 0.2) is 84.9 Å². The number of rotatable bonds is 6. The summed E-state index contributed by atoms with van der Waals surface area (Å²) in [5.74, 6) is 0.782. The molecule has 4 rings (SSSR count). The van der Waals surface area contributed by atoms with Crippen molar-refractivity contribution in [3.63, 3.8) is 0 Å². The van der Waals surface area contributed by atoms with Gasteiger partial charge in [-0.15, -0.1) is 0 Å². The van der Waals surface area contributed by atoms with Crippen molar-refractivity contribution < 1.29 is 9.66 Å². The average molecular weight is 382 g/mol. The Morgan fingerprint density at radius 3 is 2.48 bits per heavy atom. The first-order chi connectivity index (χ1) is 14.2. The minimum atomic E-state index is -0.389. The molecule has 29 heavy (non-hydrogen) atoms. The van der Waals surface area contributed by atoms with E-state index in [1.807, 2.05) is 66.7 Å². The van der Waals surface area contributed by atoms with E-state index in [9.17, 15) is 10.1 Å². The van der Waals surface area contributed by atoms with E-state index in [2.05, 4.69) is 4.98 Å². The van der Waals surface area contributed by atoms with Crippen LogP contribution in [0.4, 0.5) is 5.69 Å². The summed E-state index contributed by atoms with van der Waals surface area (Å²) in [6.45, 7) is 0.490. The lowest BCUT2D eigenvalue weighted by Gasteiger charge is -2.09. The number of aromatic nitrogens is 1. The summed E-state index contributed by atoms with van der Waals surface area (Å²) in [6, 6.07) is 26.2. The van der Waals surface area contributed by atoms with Gasteiger partial charge in [0.1, 0.15) is 12.4 Å². The topological polar surface area (TPSA) is 65.3 Å². The van der Waals surface area contributed by atoms with Crippen LogP contribution in [0.2, 0.25) is 0 Å². The van der Waals surface area contributed by atoms with Crippen LogP contribution in [-0.4, -0.2) is 9.91 Å². The van der Waals surface area contributed by atoms with Gasteiger partial charge in [0.2, 0.25) is 0 Å². The number of pyridine rings is 1. The van der Waals surface area contributed by atoms with Crippen LogP contribution < -0.4 is 4.74 Å².